The monoisotopic (exact) mass is 370 g/mol. The summed E-state index contributed by atoms with van der Waals surface area (Å²) in [5.74, 6) is 0.867. The second kappa shape index (κ2) is 7.78. The molecule has 0 unspecified atom stereocenters. The predicted molar refractivity (Wildman–Crippen MR) is 103 cm³/mol. The zero-order chi connectivity index (χ0) is 18.7. The maximum Gasteiger partial charge on any atom is 0.368 e. The van der Waals surface area contributed by atoms with E-state index >= 15 is 0 Å². The molecule has 1 heterocycles. The van der Waals surface area contributed by atoms with Crippen LogP contribution in [0.1, 0.15) is 23.6 Å². The van der Waals surface area contributed by atoms with E-state index in [1.54, 1.807) is 18.8 Å². The van der Waals surface area contributed by atoms with E-state index in [0.29, 0.717) is 12.3 Å². The van der Waals surface area contributed by atoms with Gasteiger partial charge >= 0.3 is 5.69 Å². The predicted octanol–water partition coefficient (Wildman–Crippen LogP) is 3.14. The summed E-state index contributed by atoms with van der Waals surface area (Å²) in [6.07, 6.45) is 2.91. The minimum Gasteiger partial charge on any atom is -0.489 e. The van der Waals surface area contributed by atoms with Gasteiger partial charge in [-0.15, -0.1) is 11.8 Å². The van der Waals surface area contributed by atoms with Crippen LogP contribution >= 0.6 is 11.8 Å². The largest absolute Gasteiger partial charge is 0.489 e. The fourth-order valence-electron chi connectivity index (χ4n) is 2.83. The maximum absolute atomic E-state index is 12.3. The lowest BCUT2D eigenvalue weighted by molar-refractivity contribution is 0.299. The Balaban J connectivity index is 1.99. The normalized spacial score (nSPS) is 10.9. The van der Waals surface area contributed by atoms with Gasteiger partial charge in [0.15, 0.2) is 0 Å². The molecule has 136 valence electrons. The quantitative estimate of drug-likeness (QED) is 0.624. The molecule has 0 spiro atoms. The summed E-state index contributed by atoms with van der Waals surface area (Å²) >= 11 is 1.61. The third kappa shape index (κ3) is 3.53. The van der Waals surface area contributed by atoms with Crippen LogP contribution in [0.25, 0.3) is 5.69 Å². The Hall–Kier alpha value is -2.54. The van der Waals surface area contributed by atoms with E-state index in [0.717, 1.165) is 22.6 Å². The first-order valence-electron chi connectivity index (χ1n) is 8.42. The van der Waals surface area contributed by atoms with Crippen molar-refractivity contribution in [1.29, 1.82) is 0 Å². The number of nitrogens with zero attached hydrogens (tertiary/aromatic N) is 4. The molecule has 7 heteroatoms. The van der Waals surface area contributed by atoms with Crippen LogP contribution in [0.2, 0.25) is 0 Å². The molecule has 0 atom stereocenters. The second-order valence-corrected chi connectivity index (χ2v) is 6.86. The van der Waals surface area contributed by atoms with Crippen molar-refractivity contribution in [1.82, 2.24) is 19.8 Å². The van der Waals surface area contributed by atoms with Gasteiger partial charge in [-0.3, -0.25) is 0 Å². The first-order chi connectivity index (χ1) is 12.5. The lowest BCUT2D eigenvalue weighted by Gasteiger charge is -2.15. The van der Waals surface area contributed by atoms with E-state index in [1.165, 1.54) is 20.5 Å². The molecular formula is C19H22N4O2S. The average Bonchev–Trinajstić information content (AvgIpc) is 2.99. The van der Waals surface area contributed by atoms with Crippen molar-refractivity contribution in [2.24, 2.45) is 7.05 Å². The van der Waals surface area contributed by atoms with Crippen LogP contribution in [-0.4, -0.2) is 26.0 Å². The summed E-state index contributed by atoms with van der Waals surface area (Å²) in [5.41, 5.74) is 3.72. The number of hydrogen-bond acceptors (Lipinski definition) is 5. The Labute approximate surface area is 156 Å². The molecule has 26 heavy (non-hydrogen) atoms. The molecule has 0 aliphatic rings. The Morgan fingerprint density at radius 2 is 2.00 bits per heavy atom. The Morgan fingerprint density at radius 1 is 1.19 bits per heavy atom. The number of aryl methyl sites for hydroxylation is 3. The lowest BCUT2D eigenvalue weighted by atomic mass is 10.1. The highest BCUT2D eigenvalue weighted by Crippen LogP contribution is 2.28. The Morgan fingerprint density at radius 3 is 2.65 bits per heavy atom. The fourth-order valence-corrected chi connectivity index (χ4v) is 3.45. The van der Waals surface area contributed by atoms with Crippen molar-refractivity contribution in [3.63, 3.8) is 0 Å². The van der Waals surface area contributed by atoms with Crippen molar-refractivity contribution in [2.75, 3.05) is 6.26 Å². The van der Waals surface area contributed by atoms with Crippen LogP contribution in [0.4, 0.5) is 0 Å². The van der Waals surface area contributed by atoms with E-state index in [9.17, 15) is 4.79 Å². The molecule has 0 aliphatic heterocycles. The van der Waals surface area contributed by atoms with Gasteiger partial charge in [0, 0.05) is 17.5 Å². The van der Waals surface area contributed by atoms with Gasteiger partial charge in [0.25, 0.3) is 0 Å². The zero-order valence-electron chi connectivity index (χ0n) is 15.4. The van der Waals surface area contributed by atoms with Gasteiger partial charge in [-0.25, -0.2) is 4.79 Å². The van der Waals surface area contributed by atoms with Crippen molar-refractivity contribution in [2.45, 2.75) is 31.8 Å². The summed E-state index contributed by atoms with van der Waals surface area (Å²) in [7, 11) is 1.58. The number of thioether (sulfide) groups is 1. The van der Waals surface area contributed by atoms with E-state index in [4.69, 9.17) is 4.74 Å². The number of tetrazole rings is 1. The number of ether oxygens (including phenoxy) is 1. The van der Waals surface area contributed by atoms with Gasteiger partial charge in [-0.1, -0.05) is 30.7 Å². The topological polar surface area (TPSA) is 61.9 Å². The molecule has 2 aromatic carbocycles. The zero-order valence-corrected chi connectivity index (χ0v) is 16.2. The minimum absolute atomic E-state index is 0.283. The smallest absolute Gasteiger partial charge is 0.368 e. The first kappa shape index (κ1) is 18.3. The number of hydrogen-bond donors (Lipinski definition) is 0. The van der Waals surface area contributed by atoms with Crippen molar-refractivity contribution >= 4 is 11.8 Å². The van der Waals surface area contributed by atoms with E-state index < -0.39 is 0 Å². The summed E-state index contributed by atoms with van der Waals surface area (Å²) in [6, 6.07) is 12.0. The number of rotatable bonds is 6. The van der Waals surface area contributed by atoms with Gasteiger partial charge in [0.05, 0.1) is 5.69 Å². The van der Waals surface area contributed by atoms with Crippen molar-refractivity contribution in [3.8, 4) is 11.4 Å². The molecule has 0 saturated heterocycles. The van der Waals surface area contributed by atoms with Crippen molar-refractivity contribution < 1.29 is 4.74 Å². The molecule has 0 saturated carbocycles. The molecule has 6 nitrogen and oxygen atoms in total. The summed E-state index contributed by atoms with van der Waals surface area (Å²) < 4.78 is 8.66. The maximum atomic E-state index is 12.3. The second-order valence-electron chi connectivity index (χ2n) is 6.01. The van der Waals surface area contributed by atoms with Crippen LogP contribution in [0.3, 0.4) is 0 Å². The van der Waals surface area contributed by atoms with Gasteiger partial charge in [0.1, 0.15) is 12.4 Å². The third-order valence-electron chi connectivity index (χ3n) is 4.25. The highest BCUT2D eigenvalue weighted by atomic mass is 32.2. The molecule has 0 radical (unpaired) electrons. The third-order valence-corrected chi connectivity index (χ3v) is 5.07. The highest BCUT2D eigenvalue weighted by Gasteiger charge is 2.15. The highest BCUT2D eigenvalue weighted by molar-refractivity contribution is 7.98. The molecule has 0 aliphatic carbocycles. The van der Waals surface area contributed by atoms with Crippen LogP contribution in [0, 0.1) is 6.92 Å². The lowest BCUT2D eigenvalue weighted by Crippen LogP contribution is -2.23. The average molecular weight is 370 g/mol. The molecule has 0 amide bonds. The molecule has 3 aromatic rings. The van der Waals surface area contributed by atoms with Crippen LogP contribution in [0.5, 0.6) is 5.75 Å². The first-order valence-corrected chi connectivity index (χ1v) is 9.65. The molecule has 0 bridgehead atoms. The standard InChI is InChI=1S/C19H22N4O2S/c1-5-14-11-13(2)9-10-17(14)25-12-15-16(7-6-8-18(15)26-4)23-19(24)22(3)20-21-23/h6-11H,5,12H2,1-4H3. The Kier molecular flexibility index (Phi) is 5.46. The molecule has 3 rings (SSSR count). The van der Waals surface area contributed by atoms with Gasteiger partial charge in [-0.2, -0.15) is 9.36 Å². The Bertz CT molecular complexity index is 978. The van der Waals surface area contributed by atoms with Crippen LogP contribution < -0.4 is 10.4 Å². The number of benzene rings is 2. The van der Waals surface area contributed by atoms with E-state index in [1.807, 2.05) is 36.6 Å². The molecular weight excluding hydrogens is 348 g/mol. The van der Waals surface area contributed by atoms with Crippen LogP contribution in [-0.2, 0) is 20.1 Å². The molecule has 0 fully saturated rings. The molecule has 0 N–H and O–H groups in total. The van der Waals surface area contributed by atoms with Gasteiger partial charge < -0.3 is 4.74 Å². The van der Waals surface area contributed by atoms with E-state index in [-0.39, 0.29) is 5.69 Å². The summed E-state index contributed by atoms with van der Waals surface area (Å²) in [5, 5.41) is 7.79. The summed E-state index contributed by atoms with van der Waals surface area (Å²) in [4.78, 5) is 13.3. The van der Waals surface area contributed by atoms with Crippen LogP contribution in [0.15, 0.2) is 46.1 Å². The van der Waals surface area contributed by atoms with Gasteiger partial charge in [-0.05, 0) is 53.8 Å². The summed E-state index contributed by atoms with van der Waals surface area (Å²) in [6.45, 7) is 4.54. The minimum atomic E-state index is -0.283. The fraction of sp³-hybridized carbons (Fsp3) is 0.316. The van der Waals surface area contributed by atoms with E-state index in [2.05, 4.69) is 30.3 Å². The number of aromatic nitrogens is 4. The molecule has 1 aromatic heterocycles. The van der Waals surface area contributed by atoms with Gasteiger partial charge in [0.2, 0.25) is 0 Å². The SMILES string of the molecule is CCc1cc(C)ccc1OCc1c(SC)cccc1-n1nnn(C)c1=O. The van der Waals surface area contributed by atoms with Crippen molar-refractivity contribution in [3.05, 3.63) is 63.6 Å².